The van der Waals surface area contributed by atoms with Crippen molar-refractivity contribution in [2.24, 2.45) is 0 Å². The van der Waals surface area contributed by atoms with E-state index >= 15 is 0 Å². The molecule has 0 unspecified atom stereocenters. The third-order valence-electron chi connectivity index (χ3n) is 0.567. The highest BCUT2D eigenvalue weighted by Gasteiger charge is 1.87. The summed E-state index contributed by atoms with van der Waals surface area (Å²) >= 11 is 3.81. The molecular weight excluding hydrogens is 122 g/mol. The largest absolute Gasteiger partial charge is 0.330 e. The zero-order chi connectivity index (χ0) is 6.57. The molecule has 0 heterocycles. The van der Waals surface area contributed by atoms with Crippen LogP contribution in [0.5, 0.6) is 0 Å². The maximum atomic E-state index is 10.2. The summed E-state index contributed by atoms with van der Waals surface area (Å²) in [5.74, 6) is -0.0622. The number of hydrogen-bond acceptors (Lipinski definition) is 2. The molecule has 1 N–H and O–H groups in total. The standard InChI is InChI=1S/C5H9NOS/c1-4(3-8)6-5(2)7/h3,8H,1-2H3,(H,6,7). The highest BCUT2D eigenvalue weighted by Crippen LogP contribution is 1.86. The minimum absolute atomic E-state index is 0.0622. The van der Waals surface area contributed by atoms with E-state index in [1.165, 1.54) is 6.92 Å². The zero-order valence-electron chi connectivity index (χ0n) is 4.93. The molecule has 0 aromatic carbocycles. The van der Waals surface area contributed by atoms with Gasteiger partial charge in [0, 0.05) is 12.6 Å². The van der Waals surface area contributed by atoms with Crippen molar-refractivity contribution in [3.63, 3.8) is 0 Å². The molecule has 0 aliphatic carbocycles. The number of carbonyl (C=O) groups excluding carboxylic acids is 1. The van der Waals surface area contributed by atoms with E-state index in [-0.39, 0.29) is 5.91 Å². The maximum Gasteiger partial charge on any atom is 0.221 e. The van der Waals surface area contributed by atoms with Crippen LogP contribution >= 0.6 is 12.6 Å². The van der Waals surface area contributed by atoms with E-state index in [1.54, 1.807) is 12.3 Å². The lowest BCUT2D eigenvalue weighted by Gasteiger charge is -1.96. The summed E-state index contributed by atoms with van der Waals surface area (Å²) in [5, 5.41) is 4.08. The fraction of sp³-hybridized carbons (Fsp3) is 0.400. The first-order chi connectivity index (χ1) is 3.66. The molecule has 0 radical (unpaired) electrons. The second kappa shape index (κ2) is 3.55. The fourth-order valence-corrected chi connectivity index (χ4v) is 0.374. The fourth-order valence-electron chi connectivity index (χ4n) is 0.310. The molecule has 0 bridgehead atoms. The van der Waals surface area contributed by atoms with Crippen molar-refractivity contribution in [3.8, 4) is 0 Å². The van der Waals surface area contributed by atoms with E-state index in [1.807, 2.05) is 0 Å². The number of amides is 1. The van der Waals surface area contributed by atoms with Crippen LogP contribution in [0.1, 0.15) is 13.8 Å². The highest BCUT2D eigenvalue weighted by atomic mass is 32.1. The molecular formula is C5H9NOS. The Balaban J connectivity index is 3.56. The van der Waals surface area contributed by atoms with E-state index in [9.17, 15) is 4.79 Å². The van der Waals surface area contributed by atoms with Crippen molar-refractivity contribution < 1.29 is 4.79 Å². The van der Waals surface area contributed by atoms with E-state index in [0.717, 1.165) is 5.70 Å². The molecule has 3 heteroatoms. The Labute approximate surface area is 54.4 Å². The summed E-state index contributed by atoms with van der Waals surface area (Å²) in [7, 11) is 0. The first kappa shape index (κ1) is 7.56. The molecule has 0 aliphatic heterocycles. The van der Waals surface area contributed by atoms with Crippen LogP contribution in [-0.2, 0) is 4.79 Å². The monoisotopic (exact) mass is 131 g/mol. The quantitative estimate of drug-likeness (QED) is 0.509. The van der Waals surface area contributed by atoms with Gasteiger partial charge in [0.05, 0.1) is 0 Å². The van der Waals surface area contributed by atoms with Crippen LogP contribution in [0.15, 0.2) is 11.1 Å². The average Bonchev–Trinajstić information content (AvgIpc) is 1.65. The molecule has 0 atom stereocenters. The molecule has 0 saturated carbocycles. The van der Waals surface area contributed by atoms with Crippen LogP contribution in [0.4, 0.5) is 0 Å². The van der Waals surface area contributed by atoms with Gasteiger partial charge in [-0.25, -0.2) is 0 Å². The molecule has 46 valence electrons. The molecule has 0 fully saturated rings. The number of rotatable bonds is 1. The van der Waals surface area contributed by atoms with E-state index < -0.39 is 0 Å². The Hall–Kier alpha value is -0.440. The molecule has 0 spiro atoms. The lowest BCUT2D eigenvalue weighted by Crippen LogP contribution is -2.16. The van der Waals surface area contributed by atoms with E-state index in [4.69, 9.17) is 0 Å². The lowest BCUT2D eigenvalue weighted by atomic mass is 10.5. The third kappa shape index (κ3) is 3.74. The van der Waals surface area contributed by atoms with Gasteiger partial charge in [-0.2, -0.15) is 0 Å². The smallest absolute Gasteiger partial charge is 0.221 e. The van der Waals surface area contributed by atoms with Crippen molar-refractivity contribution in [1.29, 1.82) is 0 Å². The van der Waals surface area contributed by atoms with Crippen molar-refractivity contribution >= 4 is 18.5 Å². The Morgan fingerprint density at radius 1 is 1.62 bits per heavy atom. The predicted molar refractivity (Wildman–Crippen MR) is 36.6 cm³/mol. The van der Waals surface area contributed by atoms with E-state index in [2.05, 4.69) is 17.9 Å². The zero-order valence-corrected chi connectivity index (χ0v) is 5.83. The van der Waals surface area contributed by atoms with Gasteiger partial charge in [0.2, 0.25) is 5.91 Å². The lowest BCUT2D eigenvalue weighted by molar-refractivity contribution is -0.118. The summed E-state index contributed by atoms with van der Waals surface area (Å²) in [6, 6.07) is 0. The summed E-state index contributed by atoms with van der Waals surface area (Å²) < 4.78 is 0. The van der Waals surface area contributed by atoms with Gasteiger partial charge >= 0.3 is 0 Å². The van der Waals surface area contributed by atoms with E-state index in [0.29, 0.717) is 0 Å². The number of thiol groups is 1. The minimum Gasteiger partial charge on any atom is -0.330 e. The van der Waals surface area contributed by atoms with Gasteiger partial charge in [0.1, 0.15) is 0 Å². The van der Waals surface area contributed by atoms with Crippen molar-refractivity contribution in [2.75, 3.05) is 0 Å². The Morgan fingerprint density at radius 2 is 2.12 bits per heavy atom. The number of allylic oxidation sites excluding steroid dienone is 1. The van der Waals surface area contributed by atoms with Crippen LogP contribution in [0.2, 0.25) is 0 Å². The number of nitrogens with one attached hydrogen (secondary N) is 1. The van der Waals surface area contributed by atoms with Crippen LogP contribution in [-0.4, -0.2) is 5.91 Å². The van der Waals surface area contributed by atoms with Gasteiger partial charge in [0.15, 0.2) is 0 Å². The summed E-state index contributed by atoms with van der Waals surface area (Å²) in [5.41, 5.74) is 0.765. The molecule has 1 amide bonds. The molecule has 0 saturated heterocycles. The van der Waals surface area contributed by atoms with Crippen molar-refractivity contribution in [2.45, 2.75) is 13.8 Å². The van der Waals surface area contributed by atoms with Gasteiger partial charge in [-0.3, -0.25) is 4.79 Å². The van der Waals surface area contributed by atoms with Gasteiger partial charge in [-0.05, 0) is 12.3 Å². The number of hydrogen-bond donors (Lipinski definition) is 2. The number of carbonyl (C=O) groups is 1. The van der Waals surface area contributed by atoms with Gasteiger partial charge in [0.25, 0.3) is 0 Å². The summed E-state index contributed by atoms with van der Waals surface area (Å²) in [4.78, 5) is 10.2. The maximum absolute atomic E-state index is 10.2. The first-order valence-electron chi connectivity index (χ1n) is 2.25. The Morgan fingerprint density at radius 3 is 2.25 bits per heavy atom. The summed E-state index contributed by atoms with van der Waals surface area (Å²) in [6.07, 6.45) is 0. The average molecular weight is 131 g/mol. The molecule has 0 rings (SSSR count). The topological polar surface area (TPSA) is 29.1 Å². The molecule has 8 heavy (non-hydrogen) atoms. The summed E-state index contributed by atoms with van der Waals surface area (Å²) in [6.45, 7) is 3.23. The van der Waals surface area contributed by atoms with Crippen LogP contribution < -0.4 is 5.32 Å². The Bertz CT molecular complexity index is 120. The highest BCUT2D eigenvalue weighted by molar-refractivity contribution is 7.83. The third-order valence-corrected chi connectivity index (χ3v) is 0.954. The molecule has 0 aromatic heterocycles. The SMILES string of the molecule is CC(=O)NC(C)=CS. The second-order valence-corrected chi connectivity index (χ2v) is 1.75. The van der Waals surface area contributed by atoms with Crippen molar-refractivity contribution in [1.82, 2.24) is 5.32 Å². The van der Waals surface area contributed by atoms with Gasteiger partial charge in [-0.15, -0.1) is 12.6 Å². The van der Waals surface area contributed by atoms with Crippen LogP contribution in [0, 0.1) is 0 Å². The van der Waals surface area contributed by atoms with Gasteiger partial charge in [-0.1, -0.05) is 0 Å². The van der Waals surface area contributed by atoms with Crippen LogP contribution in [0.3, 0.4) is 0 Å². The first-order valence-corrected chi connectivity index (χ1v) is 2.77. The second-order valence-electron chi connectivity index (χ2n) is 1.49. The Kier molecular flexibility index (Phi) is 3.35. The molecule has 0 aliphatic rings. The molecule has 0 aromatic rings. The van der Waals surface area contributed by atoms with Crippen molar-refractivity contribution in [3.05, 3.63) is 11.1 Å². The van der Waals surface area contributed by atoms with Gasteiger partial charge < -0.3 is 5.32 Å². The normalized spacial score (nSPS) is 11.1. The predicted octanol–water partition coefficient (Wildman–Crippen LogP) is 0.914. The minimum atomic E-state index is -0.0622. The van der Waals surface area contributed by atoms with Crippen LogP contribution in [0.25, 0.3) is 0 Å². The molecule has 2 nitrogen and oxygen atoms in total.